The van der Waals surface area contributed by atoms with E-state index in [-0.39, 0.29) is 47.5 Å². The van der Waals surface area contributed by atoms with Crippen LogP contribution in [0, 0.1) is 21.4 Å². The zero-order chi connectivity index (χ0) is 30.1. The summed E-state index contributed by atoms with van der Waals surface area (Å²) in [5.74, 6) is -0.0768. The molecule has 0 fully saturated rings. The lowest BCUT2D eigenvalue weighted by atomic mass is 9.86. The molecule has 0 aliphatic heterocycles. The van der Waals surface area contributed by atoms with Crippen molar-refractivity contribution in [2.45, 2.75) is 84.0 Å². The van der Waals surface area contributed by atoms with E-state index in [0.29, 0.717) is 6.42 Å². The third kappa shape index (κ3) is 9.87. The minimum Gasteiger partial charge on any atom is -0.446 e. The molecular weight excluding hydrogens is 534 g/mol. The number of nitro benzene ring substituents is 1. The number of carbonyl (C=O) groups is 1. The van der Waals surface area contributed by atoms with Gasteiger partial charge in [0.1, 0.15) is 6.10 Å². The average Bonchev–Trinajstić information content (AvgIpc) is 2.87. The van der Waals surface area contributed by atoms with Gasteiger partial charge in [-0.15, -0.1) is 0 Å². The summed E-state index contributed by atoms with van der Waals surface area (Å²) in [6.07, 6.45) is -0.542. The molecule has 0 radical (unpaired) electrons. The van der Waals surface area contributed by atoms with Crippen molar-refractivity contribution >= 4 is 21.8 Å². The molecule has 2 N–H and O–H groups in total. The van der Waals surface area contributed by atoms with Gasteiger partial charge in [-0.3, -0.25) is 10.1 Å². The van der Waals surface area contributed by atoms with E-state index in [9.17, 15) is 28.4 Å². The molecule has 0 spiro atoms. The van der Waals surface area contributed by atoms with Crippen LogP contribution in [-0.2, 0) is 21.2 Å². The number of nitrogens with one attached hydrogen (secondary N) is 1. The van der Waals surface area contributed by atoms with E-state index in [1.54, 1.807) is 0 Å². The molecule has 2 aromatic carbocycles. The molecule has 222 valence electrons. The number of nitrogens with zero attached hydrogens (tertiary/aromatic N) is 2. The number of sulfonamides is 1. The molecule has 0 saturated carbocycles. The highest BCUT2D eigenvalue weighted by Gasteiger charge is 2.33. The van der Waals surface area contributed by atoms with Gasteiger partial charge in [0.15, 0.2) is 0 Å². The fourth-order valence-electron chi connectivity index (χ4n) is 4.30. The predicted octanol–water partition coefficient (Wildman–Crippen LogP) is 5.15. The number of ether oxygens (including phenoxy) is 1. The quantitative estimate of drug-likeness (QED) is 0.234. The van der Waals surface area contributed by atoms with Crippen LogP contribution in [-0.4, -0.2) is 60.2 Å². The van der Waals surface area contributed by atoms with Gasteiger partial charge in [-0.1, -0.05) is 78.3 Å². The van der Waals surface area contributed by atoms with E-state index in [4.69, 9.17) is 4.74 Å². The number of hydrogen-bond donors (Lipinski definition) is 2. The van der Waals surface area contributed by atoms with Crippen LogP contribution in [0.4, 0.5) is 10.5 Å². The normalized spacial score (nSPS) is 14.5. The Bertz CT molecular complexity index is 1200. The molecule has 0 aliphatic carbocycles. The number of carbonyl (C=O) groups excluding carboxylic acids is 1. The second-order valence-electron chi connectivity index (χ2n) is 11.5. The van der Waals surface area contributed by atoms with Crippen LogP contribution in [0.1, 0.15) is 59.9 Å². The first-order valence-electron chi connectivity index (χ1n) is 13.6. The van der Waals surface area contributed by atoms with Crippen LogP contribution in [0.15, 0.2) is 59.5 Å². The maximum atomic E-state index is 13.5. The SMILES string of the molecule is CCCC(OC(=O)N[C@@H](Cc1ccccc1)[C@@H](O)CN(CC(C)C)S(=O)(=O)c1ccc([N+](=O)[O-])cc1)C(C)(C)C. The summed E-state index contributed by atoms with van der Waals surface area (Å²) in [4.78, 5) is 23.3. The van der Waals surface area contributed by atoms with Gasteiger partial charge < -0.3 is 15.2 Å². The third-order valence-electron chi connectivity index (χ3n) is 6.48. The number of hydrogen-bond acceptors (Lipinski definition) is 7. The fraction of sp³-hybridized carbons (Fsp3) is 0.552. The van der Waals surface area contributed by atoms with Gasteiger partial charge in [0.2, 0.25) is 10.0 Å². The van der Waals surface area contributed by atoms with Gasteiger partial charge in [-0.05, 0) is 41.9 Å². The molecule has 0 aliphatic rings. The summed E-state index contributed by atoms with van der Waals surface area (Å²) in [5.41, 5.74) is 0.339. The summed E-state index contributed by atoms with van der Waals surface area (Å²) >= 11 is 0. The monoisotopic (exact) mass is 577 g/mol. The molecule has 11 heteroatoms. The molecule has 0 heterocycles. The van der Waals surface area contributed by atoms with Crippen LogP contribution >= 0.6 is 0 Å². The summed E-state index contributed by atoms with van der Waals surface area (Å²) in [5, 5.41) is 25.2. The van der Waals surface area contributed by atoms with Gasteiger partial charge in [0.05, 0.1) is 22.0 Å². The van der Waals surface area contributed by atoms with E-state index in [2.05, 4.69) is 5.32 Å². The first kappa shape index (κ1) is 33.2. The number of alkyl carbamates (subject to hydrolysis) is 1. The van der Waals surface area contributed by atoms with E-state index in [1.807, 2.05) is 71.9 Å². The summed E-state index contributed by atoms with van der Waals surface area (Å²) in [6, 6.07) is 13.1. The van der Waals surface area contributed by atoms with Crippen LogP contribution < -0.4 is 5.32 Å². The van der Waals surface area contributed by atoms with Crippen molar-refractivity contribution in [2.24, 2.45) is 11.3 Å². The van der Waals surface area contributed by atoms with Crippen LogP contribution in [0.25, 0.3) is 0 Å². The summed E-state index contributed by atoms with van der Waals surface area (Å²) in [6.45, 7) is 11.5. The highest BCUT2D eigenvalue weighted by molar-refractivity contribution is 7.89. The second kappa shape index (κ2) is 14.6. The molecule has 40 heavy (non-hydrogen) atoms. The maximum Gasteiger partial charge on any atom is 0.407 e. The number of non-ortho nitro benzene ring substituents is 1. The number of nitro groups is 1. The maximum absolute atomic E-state index is 13.5. The summed E-state index contributed by atoms with van der Waals surface area (Å²) < 4.78 is 34.0. The highest BCUT2D eigenvalue weighted by Crippen LogP contribution is 2.26. The zero-order valence-corrected chi connectivity index (χ0v) is 25.1. The highest BCUT2D eigenvalue weighted by atomic mass is 32.2. The van der Waals surface area contributed by atoms with Crippen molar-refractivity contribution in [2.75, 3.05) is 13.1 Å². The van der Waals surface area contributed by atoms with Crippen molar-refractivity contribution in [1.82, 2.24) is 9.62 Å². The minimum absolute atomic E-state index is 0.0768. The Labute approximate surface area is 237 Å². The topological polar surface area (TPSA) is 139 Å². The molecule has 2 aromatic rings. The van der Waals surface area contributed by atoms with Crippen molar-refractivity contribution < 1.29 is 28.0 Å². The first-order chi connectivity index (χ1) is 18.6. The number of aliphatic hydroxyl groups is 1. The molecule has 0 aromatic heterocycles. The molecule has 1 unspecified atom stereocenters. The van der Waals surface area contributed by atoms with Gasteiger partial charge in [0, 0.05) is 25.2 Å². The van der Waals surface area contributed by atoms with Gasteiger partial charge in [-0.2, -0.15) is 4.31 Å². The Hall–Kier alpha value is -3.02. The van der Waals surface area contributed by atoms with Crippen LogP contribution in [0.2, 0.25) is 0 Å². The molecule has 0 saturated heterocycles. The van der Waals surface area contributed by atoms with E-state index < -0.39 is 33.2 Å². The van der Waals surface area contributed by atoms with Gasteiger partial charge in [0.25, 0.3) is 5.69 Å². The smallest absolute Gasteiger partial charge is 0.407 e. The Morgan fingerprint density at radius 1 is 1.07 bits per heavy atom. The third-order valence-corrected chi connectivity index (χ3v) is 8.32. The lowest BCUT2D eigenvalue weighted by Gasteiger charge is -2.33. The fourth-order valence-corrected chi connectivity index (χ4v) is 5.92. The number of aliphatic hydroxyl groups excluding tert-OH is 1. The van der Waals surface area contributed by atoms with E-state index in [0.717, 1.165) is 28.4 Å². The Kier molecular flexibility index (Phi) is 12.1. The van der Waals surface area contributed by atoms with E-state index >= 15 is 0 Å². The van der Waals surface area contributed by atoms with Gasteiger partial charge >= 0.3 is 6.09 Å². The molecule has 3 atom stereocenters. The molecular formula is C29H43N3O7S. The summed E-state index contributed by atoms with van der Waals surface area (Å²) in [7, 11) is -4.11. The van der Waals surface area contributed by atoms with Crippen molar-refractivity contribution in [3.8, 4) is 0 Å². The van der Waals surface area contributed by atoms with Crippen LogP contribution in [0.5, 0.6) is 0 Å². The van der Waals surface area contributed by atoms with Crippen molar-refractivity contribution in [1.29, 1.82) is 0 Å². The average molecular weight is 578 g/mol. The Balaban J connectivity index is 2.34. The van der Waals surface area contributed by atoms with Crippen molar-refractivity contribution in [3.63, 3.8) is 0 Å². The number of rotatable bonds is 14. The Morgan fingerprint density at radius 3 is 2.17 bits per heavy atom. The first-order valence-corrected chi connectivity index (χ1v) is 15.0. The van der Waals surface area contributed by atoms with Crippen molar-refractivity contribution in [3.05, 3.63) is 70.3 Å². The van der Waals surface area contributed by atoms with Gasteiger partial charge in [-0.25, -0.2) is 13.2 Å². The number of amides is 1. The Morgan fingerprint density at radius 2 is 1.68 bits per heavy atom. The standard InChI is InChI=1S/C29H43N3O7S/c1-7-11-27(29(4,5)6)39-28(34)30-25(18-22-12-9-8-10-13-22)26(33)20-31(19-21(2)3)40(37,38)24-16-14-23(15-17-24)32(35)36/h8-10,12-17,21,25-27,33H,7,11,18-20H2,1-6H3,(H,30,34)/t25-,26-,27?/m0/s1. The van der Waals surface area contributed by atoms with Crippen LogP contribution in [0.3, 0.4) is 0 Å². The van der Waals surface area contributed by atoms with E-state index in [1.165, 1.54) is 12.1 Å². The second-order valence-corrected chi connectivity index (χ2v) is 13.5. The predicted molar refractivity (Wildman–Crippen MR) is 154 cm³/mol. The molecule has 0 bridgehead atoms. The molecule has 2 rings (SSSR count). The minimum atomic E-state index is -4.11. The molecule has 10 nitrogen and oxygen atoms in total. The zero-order valence-electron chi connectivity index (χ0n) is 24.2. The molecule has 1 amide bonds. The largest absolute Gasteiger partial charge is 0.446 e. The lowest BCUT2D eigenvalue weighted by molar-refractivity contribution is -0.384. The lowest BCUT2D eigenvalue weighted by Crippen LogP contribution is -2.52. The number of benzene rings is 2.